The number of carbonyl (C=O) groups is 2. The molecule has 0 saturated carbocycles. The zero-order valence-electron chi connectivity index (χ0n) is 8.57. The van der Waals surface area contributed by atoms with Crippen LogP contribution in [0.25, 0.3) is 0 Å². The minimum absolute atomic E-state index is 0.130. The highest BCUT2D eigenvalue weighted by atomic mass is 32.2. The lowest BCUT2D eigenvalue weighted by Gasteiger charge is -2.01. The summed E-state index contributed by atoms with van der Waals surface area (Å²) in [7, 11) is 1.55. The van der Waals surface area contributed by atoms with E-state index in [9.17, 15) is 9.59 Å². The fraction of sp³-hybridized carbons (Fsp3) is 0.333. The number of hydrogen-bond acceptors (Lipinski definition) is 3. The average molecular weight is 229 g/mol. The number of nitrogens with zero attached hydrogens (tertiary/aromatic N) is 1. The largest absolute Gasteiger partial charge is 0.478 e. The van der Waals surface area contributed by atoms with Crippen LogP contribution in [0.15, 0.2) is 5.03 Å². The number of rotatable bonds is 3. The molecule has 0 bridgehead atoms. The van der Waals surface area contributed by atoms with Gasteiger partial charge in [-0.2, -0.15) is 0 Å². The van der Waals surface area contributed by atoms with Gasteiger partial charge in [-0.25, -0.2) is 9.59 Å². The summed E-state index contributed by atoms with van der Waals surface area (Å²) in [6.45, 7) is 1.61. The second-order valence-electron chi connectivity index (χ2n) is 3.03. The van der Waals surface area contributed by atoms with Gasteiger partial charge in [-0.1, -0.05) is 0 Å². The summed E-state index contributed by atoms with van der Waals surface area (Å²) in [5.74, 6) is -2.43. The monoisotopic (exact) mass is 229 g/mol. The summed E-state index contributed by atoms with van der Waals surface area (Å²) in [6, 6.07) is 0. The molecule has 1 aromatic heterocycles. The van der Waals surface area contributed by atoms with Gasteiger partial charge in [0, 0.05) is 7.05 Å². The summed E-state index contributed by atoms with van der Waals surface area (Å²) < 4.78 is 1.39. The van der Waals surface area contributed by atoms with Crippen molar-refractivity contribution in [3.63, 3.8) is 0 Å². The Labute approximate surface area is 90.7 Å². The molecule has 0 saturated heterocycles. The van der Waals surface area contributed by atoms with Crippen LogP contribution in [0.1, 0.15) is 26.4 Å². The zero-order valence-corrected chi connectivity index (χ0v) is 9.38. The minimum atomic E-state index is -1.22. The fourth-order valence-corrected chi connectivity index (χ4v) is 2.38. The van der Waals surface area contributed by atoms with Gasteiger partial charge in [0.15, 0.2) is 0 Å². The molecule has 0 radical (unpaired) electrons. The maximum absolute atomic E-state index is 10.9. The Morgan fingerprint density at radius 1 is 1.27 bits per heavy atom. The molecule has 0 aromatic carbocycles. The Morgan fingerprint density at radius 2 is 1.80 bits per heavy atom. The molecular formula is C9H11NO4S. The predicted octanol–water partition coefficient (Wildman–Crippen LogP) is 1.45. The van der Waals surface area contributed by atoms with E-state index in [1.807, 2.05) is 0 Å². The van der Waals surface area contributed by atoms with E-state index < -0.39 is 11.9 Å². The van der Waals surface area contributed by atoms with Gasteiger partial charge >= 0.3 is 11.9 Å². The van der Waals surface area contributed by atoms with E-state index in [4.69, 9.17) is 10.2 Å². The van der Waals surface area contributed by atoms with Crippen molar-refractivity contribution in [1.29, 1.82) is 0 Å². The van der Waals surface area contributed by atoms with Gasteiger partial charge in [-0.15, -0.1) is 11.8 Å². The smallest absolute Gasteiger partial charge is 0.353 e. The van der Waals surface area contributed by atoms with Crippen molar-refractivity contribution in [1.82, 2.24) is 4.57 Å². The number of aromatic carboxylic acids is 2. The van der Waals surface area contributed by atoms with E-state index in [1.165, 1.54) is 16.3 Å². The van der Waals surface area contributed by atoms with Crippen molar-refractivity contribution in [2.24, 2.45) is 7.05 Å². The van der Waals surface area contributed by atoms with Crippen molar-refractivity contribution < 1.29 is 19.8 Å². The van der Waals surface area contributed by atoms with E-state index in [1.54, 1.807) is 20.2 Å². The molecule has 5 nitrogen and oxygen atoms in total. The number of thioether (sulfide) groups is 1. The molecule has 0 spiro atoms. The molecule has 15 heavy (non-hydrogen) atoms. The van der Waals surface area contributed by atoms with E-state index >= 15 is 0 Å². The standard InChI is InChI=1S/C9H11NO4S/c1-4-5(8(11)12)6(9(13)14)10(2)7(4)15-3/h1-3H3,(H,11,12)(H,13,14). The van der Waals surface area contributed by atoms with Gasteiger partial charge in [0.2, 0.25) is 0 Å². The van der Waals surface area contributed by atoms with Crippen LogP contribution in [0, 0.1) is 6.92 Å². The lowest BCUT2D eigenvalue weighted by molar-refractivity contribution is 0.0644. The first kappa shape index (κ1) is 11.6. The van der Waals surface area contributed by atoms with Crippen LogP contribution in [-0.2, 0) is 7.05 Å². The molecular weight excluding hydrogens is 218 g/mol. The Balaban J connectivity index is 3.61. The second kappa shape index (κ2) is 3.98. The molecule has 0 fully saturated rings. The van der Waals surface area contributed by atoms with Crippen LogP contribution in [0.3, 0.4) is 0 Å². The summed E-state index contributed by atoms with van der Waals surface area (Å²) in [5, 5.41) is 18.5. The lowest BCUT2D eigenvalue weighted by atomic mass is 10.1. The third-order valence-electron chi connectivity index (χ3n) is 2.18. The van der Waals surface area contributed by atoms with Crippen molar-refractivity contribution >= 4 is 23.7 Å². The van der Waals surface area contributed by atoms with Crippen LogP contribution in [-0.4, -0.2) is 33.0 Å². The van der Waals surface area contributed by atoms with Crippen molar-refractivity contribution in [2.45, 2.75) is 11.9 Å². The highest BCUT2D eigenvalue weighted by Crippen LogP contribution is 2.28. The number of aromatic nitrogens is 1. The zero-order chi connectivity index (χ0) is 11.7. The Bertz CT molecular complexity index is 398. The minimum Gasteiger partial charge on any atom is -0.478 e. The lowest BCUT2D eigenvalue weighted by Crippen LogP contribution is -2.11. The van der Waals surface area contributed by atoms with E-state index in [2.05, 4.69) is 0 Å². The molecule has 6 heteroatoms. The molecule has 1 rings (SSSR count). The highest BCUT2D eigenvalue weighted by Gasteiger charge is 2.26. The Morgan fingerprint density at radius 3 is 2.07 bits per heavy atom. The third-order valence-corrected chi connectivity index (χ3v) is 3.15. The number of carboxylic acid groups (broad SMARTS) is 2. The van der Waals surface area contributed by atoms with Gasteiger partial charge in [0.05, 0.1) is 10.6 Å². The fourth-order valence-electron chi connectivity index (χ4n) is 1.61. The maximum Gasteiger partial charge on any atom is 0.353 e. The van der Waals surface area contributed by atoms with Crippen molar-refractivity contribution in [3.05, 3.63) is 16.8 Å². The predicted molar refractivity (Wildman–Crippen MR) is 55.8 cm³/mol. The topological polar surface area (TPSA) is 79.5 Å². The van der Waals surface area contributed by atoms with Gasteiger partial charge in [-0.05, 0) is 18.7 Å². The summed E-state index contributed by atoms with van der Waals surface area (Å²) in [4.78, 5) is 21.9. The first-order valence-electron chi connectivity index (χ1n) is 4.11. The second-order valence-corrected chi connectivity index (χ2v) is 3.82. The van der Waals surface area contributed by atoms with Crippen LogP contribution in [0.4, 0.5) is 0 Å². The molecule has 0 aliphatic heterocycles. The SMILES string of the molecule is CSc1c(C)c(C(=O)O)c(C(=O)O)n1C. The van der Waals surface area contributed by atoms with E-state index in [0.29, 0.717) is 10.6 Å². The van der Waals surface area contributed by atoms with Crippen LogP contribution in [0.5, 0.6) is 0 Å². The summed E-state index contributed by atoms with van der Waals surface area (Å²) >= 11 is 1.33. The molecule has 0 aliphatic carbocycles. The van der Waals surface area contributed by atoms with Gasteiger partial charge in [0.1, 0.15) is 5.69 Å². The van der Waals surface area contributed by atoms with E-state index in [-0.39, 0.29) is 11.3 Å². The first-order valence-corrected chi connectivity index (χ1v) is 5.34. The molecule has 0 unspecified atom stereocenters. The first-order chi connectivity index (χ1) is 6.91. The molecule has 0 atom stereocenters. The van der Waals surface area contributed by atoms with Gasteiger partial charge in [-0.3, -0.25) is 0 Å². The van der Waals surface area contributed by atoms with Crippen LogP contribution in [0.2, 0.25) is 0 Å². The van der Waals surface area contributed by atoms with E-state index in [0.717, 1.165) is 0 Å². The molecule has 0 amide bonds. The third kappa shape index (κ3) is 1.72. The Kier molecular flexibility index (Phi) is 3.09. The normalized spacial score (nSPS) is 10.3. The number of carboxylic acids is 2. The Hall–Kier alpha value is -1.43. The summed E-state index contributed by atoms with van der Waals surface area (Å²) in [5.41, 5.74) is 0.189. The molecule has 0 aliphatic rings. The molecule has 82 valence electrons. The van der Waals surface area contributed by atoms with Crippen molar-refractivity contribution in [2.75, 3.05) is 6.26 Å². The molecule has 2 N–H and O–H groups in total. The number of hydrogen-bond donors (Lipinski definition) is 2. The average Bonchev–Trinajstić information content (AvgIpc) is 2.37. The van der Waals surface area contributed by atoms with Gasteiger partial charge < -0.3 is 14.8 Å². The molecule has 1 heterocycles. The van der Waals surface area contributed by atoms with Crippen LogP contribution >= 0.6 is 11.8 Å². The highest BCUT2D eigenvalue weighted by molar-refractivity contribution is 7.98. The maximum atomic E-state index is 10.9. The summed E-state index contributed by atoms with van der Waals surface area (Å²) in [6.07, 6.45) is 1.78. The van der Waals surface area contributed by atoms with Crippen LogP contribution < -0.4 is 0 Å². The quantitative estimate of drug-likeness (QED) is 0.767. The molecule has 1 aromatic rings. The van der Waals surface area contributed by atoms with Gasteiger partial charge in [0.25, 0.3) is 0 Å². The van der Waals surface area contributed by atoms with Crippen molar-refractivity contribution in [3.8, 4) is 0 Å².